The first-order valence-electron chi connectivity index (χ1n) is 12.2. The van der Waals surface area contributed by atoms with Gasteiger partial charge in [-0.3, -0.25) is 4.79 Å². The van der Waals surface area contributed by atoms with Gasteiger partial charge in [-0.25, -0.2) is 4.79 Å². The minimum atomic E-state index is -0.958. The molecule has 0 bridgehead atoms. The van der Waals surface area contributed by atoms with Crippen molar-refractivity contribution in [2.45, 2.75) is 98.7 Å². The molecule has 1 N–H and O–H groups in total. The van der Waals surface area contributed by atoms with Gasteiger partial charge in [-0.1, -0.05) is 69.1 Å². The number of Topliss-reactive ketones (excluding diaryl/α,β-unsaturated/α-hetero) is 1. The number of esters is 1. The van der Waals surface area contributed by atoms with Crippen LogP contribution in [0, 0.1) is 17.3 Å². The lowest BCUT2D eigenvalue weighted by atomic mass is 9.53. The molecule has 0 spiro atoms. The Morgan fingerprint density at radius 1 is 1.19 bits per heavy atom. The number of ether oxygens (including phenoxy) is 1. The van der Waals surface area contributed by atoms with Gasteiger partial charge in [0.05, 0.1) is 0 Å². The van der Waals surface area contributed by atoms with E-state index in [4.69, 9.17) is 4.74 Å². The molecule has 4 nitrogen and oxygen atoms in total. The Hall–Kier alpha value is -1.94. The average molecular weight is 443 g/mol. The predicted octanol–water partition coefficient (Wildman–Crippen LogP) is 6.26. The van der Waals surface area contributed by atoms with Crippen molar-refractivity contribution in [3.05, 3.63) is 47.1 Å². The van der Waals surface area contributed by atoms with Crippen molar-refractivity contribution < 1.29 is 19.4 Å². The van der Waals surface area contributed by atoms with Crippen molar-refractivity contribution in [2.24, 2.45) is 17.3 Å². The molecule has 178 valence electrons. The standard InChI is InChI=1S/C28H42O4/c1-7-8-9-10-11-13-20(4)14-12-15-25(29)32-24-17-16-23-27(31)26(30)22(19(2)3)18-28(23,6)21(24)5/h11-15,21,23-24,27,31H,7-10,16-18H2,1-6H3. The van der Waals surface area contributed by atoms with Crippen LogP contribution < -0.4 is 0 Å². The zero-order valence-electron chi connectivity index (χ0n) is 20.8. The van der Waals surface area contributed by atoms with Crippen LogP contribution in [-0.2, 0) is 14.3 Å². The minimum absolute atomic E-state index is 0.0547. The van der Waals surface area contributed by atoms with Crippen LogP contribution in [0.5, 0.6) is 0 Å². The summed E-state index contributed by atoms with van der Waals surface area (Å²) >= 11 is 0. The molecule has 0 heterocycles. The number of ketones is 1. The summed E-state index contributed by atoms with van der Waals surface area (Å²) in [4.78, 5) is 25.1. The Morgan fingerprint density at radius 2 is 1.91 bits per heavy atom. The summed E-state index contributed by atoms with van der Waals surface area (Å²) in [6.07, 6.45) is 15.0. The summed E-state index contributed by atoms with van der Waals surface area (Å²) in [5, 5.41) is 10.7. The molecule has 2 aliphatic rings. The third-order valence-electron chi connectivity index (χ3n) is 7.53. The number of hydrogen-bond acceptors (Lipinski definition) is 4. The largest absolute Gasteiger partial charge is 0.459 e. The number of unbranched alkanes of at least 4 members (excludes halogenated alkanes) is 3. The summed E-state index contributed by atoms with van der Waals surface area (Å²) < 4.78 is 5.83. The molecular weight excluding hydrogens is 400 g/mol. The number of rotatable bonds is 8. The molecule has 0 amide bonds. The van der Waals surface area contributed by atoms with Crippen molar-refractivity contribution in [3.63, 3.8) is 0 Å². The van der Waals surface area contributed by atoms with E-state index in [0.29, 0.717) is 19.3 Å². The first-order valence-corrected chi connectivity index (χ1v) is 12.2. The lowest BCUT2D eigenvalue weighted by Crippen LogP contribution is -2.55. The fourth-order valence-electron chi connectivity index (χ4n) is 5.21. The number of fused-ring (bicyclic) bond motifs is 1. The molecule has 0 saturated heterocycles. The summed E-state index contributed by atoms with van der Waals surface area (Å²) in [6.45, 7) is 12.3. The van der Waals surface area contributed by atoms with Gasteiger partial charge in [0, 0.05) is 6.08 Å². The van der Waals surface area contributed by atoms with Gasteiger partial charge in [-0.2, -0.15) is 0 Å². The molecule has 2 saturated carbocycles. The van der Waals surface area contributed by atoms with Crippen molar-refractivity contribution in [3.8, 4) is 0 Å². The lowest BCUT2D eigenvalue weighted by molar-refractivity contribution is -0.164. The third-order valence-corrected chi connectivity index (χ3v) is 7.53. The Morgan fingerprint density at radius 3 is 2.56 bits per heavy atom. The molecule has 0 aromatic rings. The van der Waals surface area contributed by atoms with Crippen molar-refractivity contribution >= 4 is 11.8 Å². The van der Waals surface area contributed by atoms with Gasteiger partial charge in [0.2, 0.25) is 0 Å². The smallest absolute Gasteiger partial charge is 0.331 e. The van der Waals surface area contributed by atoms with Crippen molar-refractivity contribution in [1.29, 1.82) is 0 Å². The van der Waals surface area contributed by atoms with Crippen LogP contribution in [0.3, 0.4) is 0 Å². The molecule has 0 aromatic heterocycles. The van der Waals surface area contributed by atoms with Crippen LogP contribution in [0.1, 0.15) is 86.5 Å². The van der Waals surface area contributed by atoms with E-state index in [9.17, 15) is 14.7 Å². The molecule has 2 aliphatic carbocycles. The number of hydrogen-bond donors (Lipinski definition) is 1. The second-order valence-electron chi connectivity index (χ2n) is 10.1. The highest BCUT2D eigenvalue weighted by Crippen LogP contribution is 2.54. The van der Waals surface area contributed by atoms with E-state index in [1.807, 2.05) is 26.8 Å². The third kappa shape index (κ3) is 6.31. The second-order valence-corrected chi connectivity index (χ2v) is 10.1. The monoisotopic (exact) mass is 442 g/mol. The second kappa shape index (κ2) is 11.8. The van der Waals surface area contributed by atoms with E-state index in [-0.39, 0.29) is 35.1 Å². The molecule has 32 heavy (non-hydrogen) atoms. The minimum Gasteiger partial charge on any atom is -0.459 e. The highest BCUT2D eigenvalue weighted by Gasteiger charge is 2.55. The highest BCUT2D eigenvalue weighted by atomic mass is 16.5. The molecule has 2 rings (SSSR count). The predicted molar refractivity (Wildman–Crippen MR) is 130 cm³/mol. The number of aliphatic hydroxyl groups excluding tert-OH is 1. The van der Waals surface area contributed by atoms with Gasteiger partial charge in [0.1, 0.15) is 12.2 Å². The molecule has 0 aromatic carbocycles. The van der Waals surface area contributed by atoms with E-state index in [1.165, 1.54) is 25.3 Å². The van der Waals surface area contributed by atoms with Crippen LogP contribution in [0.25, 0.3) is 0 Å². The van der Waals surface area contributed by atoms with Gasteiger partial charge >= 0.3 is 5.97 Å². The number of carbonyl (C=O) groups excluding carboxylic acids is 2. The zero-order chi connectivity index (χ0) is 23.9. The van der Waals surface area contributed by atoms with Crippen LogP contribution in [0.2, 0.25) is 0 Å². The lowest BCUT2D eigenvalue weighted by Gasteiger charge is -2.53. The summed E-state index contributed by atoms with van der Waals surface area (Å²) in [6, 6.07) is 0. The van der Waals surface area contributed by atoms with Gasteiger partial charge in [-0.15, -0.1) is 0 Å². The van der Waals surface area contributed by atoms with Crippen LogP contribution in [-0.4, -0.2) is 29.1 Å². The van der Waals surface area contributed by atoms with Crippen molar-refractivity contribution in [2.75, 3.05) is 0 Å². The van der Waals surface area contributed by atoms with Crippen LogP contribution in [0.15, 0.2) is 47.1 Å². The molecule has 0 aliphatic heterocycles. The van der Waals surface area contributed by atoms with E-state index < -0.39 is 6.10 Å². The van der Waals surface area contributed by atoms with Gasteiger partial charge < -0.3 is 9.84 Å². The van der Waals surface area contributed by atoms with E-state index in [0.717, 1.165) is 23.1 Å². The number of aliphatic hydroxyl groups is 1. The van der Waals surface area contributed by atoms with E-state index >= 15 is 0 Å². The summed E-state index contributed by atoms with van der Waals surface area (Å²) in [7, 11) is 0. The van der Waals surface area contributed by atoms with Gasteiger partial charge in [0.15, 0.2) is 5.78 Å². The molecule has 5 atom stereocenters. The maximum Gasteiger partial charge on any atom is 0.331 e. The Labute approximate surface area is 194 Å². The van der Waals surface area contributed by atoms with E-state index in [1.54, 1.807) is 6.08 Å². The quantitative estimate of drug-likeness (QED) is 0.209. The fourth-order valence-corrected chi connectivity index (χ4v) is 5.21. The molecule has 0 radical (unpaired) electrons. The van der Waals surface area contributed by atoms with Crippen LogP contribution in [0.4, 0.5) is 0 Å². The molecule has 4 heteroatoms. The fraction of sp³-hybridized carbons (Fsp3) is 0.643. The summed E-state index contributed by atoms with van der Waals surface area (Å²) in [5.74, 6) is -0.498. The maximum atomic E-state index is 12.6. The Balaban J connectivity index is 1.99. The molecular formula is C28H42O4. The highest BCUT2D eigenvalue weighted by molar-refractivity contribution is 6.00. The summed E-state index contributed by atoms with van der Waals surface area (Å²) in [5.41, 5.74) is 2.52. The van der Waals surface area contributed by atoms with Crippen molar-refractivity contribution in [1.82, 2.24) is 0 Å². The Kier molecular flexibility index (Phi) is 9.69. The Bertz CT molecular complexity index is 796. The zero-order valence-corrected chi connectivity index (χ0v) is 20.8. The SMILES string of the molecule is CCCCCC=CC(C)=CC=CC(=O)OC1CCC2C(O)C(=O)C(=C(C)C)CC2(C)C1C. The van der Waals surface area contributed by atoms with Gasteiger partial charge in [-0.05, 0) is 75.7 Å². The van der Waals surface area contributed by atoms with E-state index in [2.05, 4.69) is 32.9 Å². The molecule has 5 unspecified atom stereocenters. The maximum absolute atomic E-state index is 12.6. The topological polar surface area (TPSA) is 63.6 Å². The first-order chi connectivity index (χ1) is 15.1. The first kappa shape index (κ1) is 26.3. The normalized spacial score (nSPS) is 31.3. The van der Waals surface area contributed by atoms with Gasteiger partial charge in [0.25, 0.3) is 0 Å². The molecule has 2 fully saturated rings. The van der Waals surface area contributed by atoms with Crippen LogP contribution >= 0.6 is 0 Å². The number of carbonyl (C=O) groups is 2. The average Bonchev–Trinajstić information content (AvgIpc) is 2.73. The number of allylic oxidation sites excluding steroid dienone is 6.